The number of nitrogens with one attached hydrogen (secondary N) is 1. The number of carbonyl (C=O) groups excluding carboxylic acids is 7. The number of nitrogens with two attached hydrogens (primary N) is 7. The Bertz CT molecular complexity index is 3510. The zero-order valence-electron chi connectivity index (χ0n) is 52.0. The van der Waals surface area contributed by atoms with E-state index in [0.29, 0.717) is 45.4 Å². The maximum absolute atomic E-state index is 14.2. The molecule has 6 aliphatic heterocycles. The molecule has 31 nitrogen and oxygen atoms in total. The normalized spacial score (nSPS) is 33.2. The van der Waals surface area contributed by atoms with E-state index in [4.69, 9.17) is 86.0 Å². The van der Waals surface area contributed by atoms with Crippen LogP contribution in [0.15, 0.2) is 61.9 Å². The molecule has 17 N–H and O–H groups in total. The molecule has 0 saturated carbocycles. The minimum atomic E-state index is -5.31. The molecule has 8 heterocycles. The van der Waals surface area contributed by atoms with E-state index in [9.17, 15) is 53.2 Å². The number of allylic oxidation sites excluding steroid dienone is 6. The molecule has 91 heavy (non-hydrogen) atoms. The SMILES string of the molecule is C/C1=C2/[N-]/C(=C\C3=NC(=C(/C)C4=N[C@@](C)([C@@H]5N=C1[C@](C)(CCC(=O)NCCOP(=O)([O-])O[C@H]1[C@@H](O)[C@@H](n6cnc7ncnc(N)c76)O[C@@H]1CO)[C@H]5CC(N)=O)[C@@](C)(CC(N)=O)[C@@H]4CCC(N)=O)/[C@@](C)(CC(N)=O)[C@@H]3CCC(N)=O)C(C)(C)[C@@H]2CCC(N)=O.[C-]#N.[Co+3]. The Morgan fingerprint density at radius 3 is 2.02 bits per heavy atom. The number of fused-ring (bicyclic) bond motifs is 7. The molecule has 33 heteroatoms. The van der Waals surface area contributed by atoms with E-state index in [1.165, 1.54) is 17.2 Å². The Kier molecular flexibility index (Phi) is 22.3. The fraction of sp³-hybridized carbons (Fsp3) is 0.621. The Labute approximate surface area is 536 Å². The number of hydrogen-bond donors (Lipinski definition) is 10. The molecule has 496 valence electrons. The van der Waals surface area contributed by atoms with Crippen LogP contribution in [0.1, 0.15) is 132 Å². The second-order valence-corrected chi connectivity index (χ2v) is 26.8. The molecule has 0 radical (unpaired) electrons. The Balaban J connectivity index is 0.00000434. The summed E-state index contributed by atoms with van der Waals surface area (Å²) in [7, 11) is -5.31. The van der Waals surface area contributed by atoms with Crippen LogP contribution in [0.3, 0.4) is 0 Å². The van der Waals surface area contributed by atoms with Gasteiger partial charge in [0.25, 0.3) is 7.82 Å². The first kappa shape index (κ1) is 72.7. The average molecular weight is 1330 g/mol. The molecule has 14 atom stereocenters. The third kappa shape index (κ3) is 14.0. The molecular weight excluding hydrogens is 1250 g/mol. The summed E-state index contributed by atoms with van der Waals surface area (Å²) in [4.78, 5) is 135. The summed E-state index contributed by atoms with van der Waals surface area (Å²) in [6, 6.07) is -1.06. The molecule has 2 aromatic heterocycles. The minimum Gasteiger partial charge on any atom is -0.756 e. The van der Waals surface area contributed by atoms with Crippen molar-refractivity contribution in [2.75, 3.05) is 25.5 Å². The first-order chi connectivity index (χ1) is 42.0. The number of aromatic nitrogens is 4. The summed E-state index contributed by atoms with van der Waals surface area (Å²) in [5.74, 6) is -7.49. The van der Waals surface area contributed by atoms with Gasteiger partial charge in [-0.1, -0.05) is 40.7 Å². The van der Waals surface area contributed by atoms with Gasteiger partial charge < -0.3 is 91.5 Å². The maximum atomic E-state index is 14.2. The van der Waals surface area contributed by atoms with Crippen LogP contribution in [0.2, 0.25) is 0 Å². The fourth-order valence-corrected chi connectivity index (χ4v) is 15.7. The van der Waals surface area contributed by atoms with Crippen LogP contribution in [0.25, 0.3) is 16.5 Å². The molecule has 6 aliphatic rings. The molecule has 2 aromatic rings. The van der Waals surface area contributed by atoms with Crippen LogP contribution in [0.5, 0.6) is 0 Å². The van der Waals surface area contributed by atoms with Gasteiger partial charge in [-0.2, -0.15) is 11.4 Å². The third-order valence-corrected chi connectivity index (χ3v) is 20.5. The Morgan fingerprint density at radius 1 is 0.835 bits per heavy atom. The number of imidazole rings is 1. The second-order valence-electron chi connectivity index (χ2n) is 25.5. The standard InChI is InChI=1S/C57H83N16O14P.CN.Co/c1-26-42-29(10-13-36(59)76)53(3,4)34(70-42)20-32-28(9-12-35(58)75)55(6,21-39(62)79)48(69-32)27(2)43-30(11-14-37(60)77)56(7,22-40(63)80)57(8,72-43)49-31(19-38(61)78)54(5,47(26)71-49)16-15-41(81)65-17-18-85-88(83,84)87-46-33(23-74)86-52(45(46)82)73-25-68-51-44(73)50(64)66-24-67-51;1-2;/h20,24-25,28-31,33,45-46,49,52,74,82H,9-19,21-23H2,1-8H3,(H17,58,59,60,61,62,63,64,65,66,67,69,70,71,72,75,76,77,78,79,80,81,83,84);;/q;-1;+3/p-2/t28-,29-,30-,31+,33-,45-,46-,49-,52+,54-,55+,56+,57+;;/m1../s1. The predicted molar refractivity (Wildman–Crippen MR) is 323 cm³/mol. The molecule has 8 bridgehead atoms. The zero-order chi connectivity index (χ0) is 67.0. The number of hydrogen-bond acceptors (Lipinski definition) is 22. The molecular formula is C58H81CoN17O14P. The van der Waals surface area contributed by atoms with Gasteiger partial charge in [-0.15, -0.1) is 0 Å². The van der Waals surface area contributed by atoms with Crippen molar-refractivity contribution in [3.05, 3.63) is 58.9 Å². The number of anilines is 1. The number of aliphatic imine (C=N–C) groups is 3. The summed E-state index contributed by atoms with van der Waals surface area (Å²) in [5.41, 5.74) is 39.7. The number of aliphatic hydroxyl groups is 2. The Hall–Kier alpha value is -7.34. The van der Waals surface area contributed by atoms with E-state index >= 15 is 0 Å². The third-order valence-electron chi connectivity index (χ3n) is 19.5. The van der Waals surface area contributed by atoms with Crippen molar-refractivity contribution in [2.45, 2.75) is 162 Å². The van der Waals surface area contributed by atoms with Crippen molar-refractivity contribution in [2.24, 2.45) is 94.7 Å². The van der Waals surface area contributed by atoms with Crippen molar-refractivity contribution in [1.82, 2.24) is 24.8 Å². The number of primary amides is 6. The van der Waals surface area contributed by atoms with Crippen molar-refractivity contribution in [3.8, 4) is 0 Å². The fourth-order valence-electron chi connectivity index (χ4n) is 14.8. The van der Waals surface area contributed by atoms with Crippen LogP contribution in [0, 0.1) is 57.2 Å². The molecule has 1 unspecified atom stereocenters. The minimum absolute atomic E-state index is 0. The number of amides is 7. The van der Waals surface area contributed by atoms with Gasteiger partial charge in [0, 0.05) is 103 Å². The second kappa shape index (κ2) is 27.9. The summed E-state index contributed by atoms with van der Waals surface area (Å²) in [6.45, 7) is 17.7. The largest absolute Gasteiger partial charge is 3.00 e. The quantitative estimate of drug-likeness (QED) is 0.0353. The molecule has 0 spiro atoms. The molecule has 0 aliphatic carbocycles. The van der Waals surface area contributed by atoms with Gasteiger partial charge in [-0.05, 0) is 68.9 Å². The van der Waals surface area contributed by atoms with E-state index in [-0.39, 0.29) is 111 Å². The molecule has 2 saturated heterocycles. The zero-order valence-corrected chi connectivity index (χ0v) is 53.9. The van der Waals surface area contributed by atoms with Crippen molar-refractivity contribution in [1.29, 1.82) is 5.26 Å². The van der Waals surface area contributed by atoms with E-state index in [1.807, 2.05) is 40.7 Å². The molecule has 7 amide bonds. The van der Waals surface area contributed by atoms with E-state index in [0.717, 1.165) is 0 Å². The average Bonchev–Trinajstić information content (AvgIpc) is 1.53. The van der Waals surface area contributed by atoms with Crippen LogP contribution in [-0.4, -0.2) is 138 Å². The van der Waals surface area contributed by atoms with Gasteiger partial charge in [0.05, 0.1) is 30.5 Å². The summed E-state index contributed by atoms with van der Waals surface area (Å²) < 4.78 is 30.8. The molecule has 0 aromatic carbocycles. The van der Waals surface area contributed by atoms with Gasteiger partial charge in [0.1, 0.15) is 36.5 Å². The van der Waals surface area contributed by atoms with Gasteiger partial charge in [0.15, 0.2) is 17.7 Å². The van der Waals surface area contributed by atoms with E-state index < -0.39 is 144 Å². The molecule has 8 rings (SSSR count). The topological polar surface area (TPSA) is 541 Å². The number of ether oxygens (including phenoxy) is 1. The van der Waals surface area contributed by atoms with Crippen molar-refractivity contribution >= 4 is 83.3 Å². The predicted octanol–water partition coefficient (Wildman–Crippen LogP) is 0.776. The van der Waals surface area contributed by atoms with Crippen LogP contribution < -0.4 is 50.3 Å². The van der Waals surface area contributed by atoms with E-state index in [2.05, 4.69) is 20.3 Å². The monoisotopic (exact) mass is 1330 g/mol. The first-order valence-corrected chi connectivity index (χ1v) is 30.8. The van der Waals surface area contributed by atoms with Gasteiger partial charge in [-0.25, -0.2) is 15.0 Å². The van der Waals surface area contributed by atoms with Gasteiger partial charge >= 0.3 is 16.8 Å². The maximum Gasteiger partial charge on any atom is 3.00 e. The number of phosphoric ester groups is 1. The summed E-state index contributed by atoms with van der Waals surface area (Å²) in [5, 5.41) is 35.7. The number of carbonyl (C=O) groups is 7. The first-order valence-electron chi connectivity index (χ1n) is 29.4. The summed E-state index contributed by atoms with van der Waals surface area (Å²) in [6.07, 6.45) is -3.02. The number of nitrogens with zero attached hydrogens (tertiary/aromatic N) is 9. The van der Waals surface area contributed by atoms with E-state index in [1.54, 1.807) is 20.8 Å². The molecule has 2 fully saturated rings. The van der Waals surface area contributed by atoms with Crippen LogP contribution in [0.4, 0.5) is 5.82 Å². The van der Waals surface area contributed by atoms with Crippen molar-refractivity contribution < 1.29 is 83.8 Å². The smallest absolute Gasteiger partial charge is 0.756 e. The number of rotatable bonds is 26. The Morgan fingerprint density at radius 2 is 1.44 bits per heavy atom. The number of nitrogen functional groups attached to an aromatic ring is 1. The van der Waals surface area contributed by atoms with Gasteiger partial charge in [-0.3, -0.25) is 57.7 Å². The number of phosphoric acid groups is 1. The van der Waals surface area contributed by atoms with Crippen LogP contribution in [-0.2, 0) is 68.7 Å². The number of aliphatic hydroxyl groups excluding tert-OH is 2. The van der Waals surface area contributed by atoms with Crippen LogP contribution >= 0.6 is 7.82 Å². The van der Waals surface area contributed by atoms with Gasteiger partial charge in [0.2, 0.25) is 41.4 Å². The van der Waals surface area contributed by atoms with Crippen molar-refractivity contribution in [3.63, 3.8) is 0 Å². The summed E-state index contributed by atoms with van der Waals surface area (Å²) >= 11 is 0.